The fraction of sp³-hybridized carbons (Fsp3) is 0. The van der Waals surface area contributed by atoms with Crippen molar-refractivity contribution < 1.29 is 4.42 Å². The SMILES string of the molecule is N#Cc1cccc(-n2c3ccc(-c4cccc(-c5ccc6c(c5)c5ccccc5n6-c5ccccc5)c4)cc3c3ccc(-c4cccc5c4oc4ccccc45)cc32)c1. The molecule has 12 aromatic rings. The lowest BCUT2D eigenvalue weighted by atomic mass is 9.96. The summed E-state index contributed by atoms with van der Waals surface area (Å²) < 4.78 is 11.1. The number of furan rings is 1. The summed E-state index contributed by atoms with van der Waals surface area (Å²) in [6.07, 6.45) is 0. The van der Waals surface area contributed by atoms with Gasteiger partial charge in [0.1, 0.15) is 11.2 Å². The predicted molar refractivity (Wildman–Crippen MR) is 243 cm³/mol. The average Bonchev–Trinajstić information content (AvgIpc) is 3.96. The van der Waals surface area contributed by atoms with Gasteiger partial charge in [0.15, 0.2) is 0 Å². The van der Waals surface area contributed by atoms with Gasteiger partial charge in [-0.2, -0.15) is 5.26 Å². The Labute approximate surface area is 339 Å². The first-order chi connectivity index (χ1) is 29.2. The molecule has 4 nitrogen and oxygen atoms in total. The van der Waals surface area contributed by atoms with Gasteiger partial charge in [-0.15, -0.1) is 0 Å². The molecule has 0 unspecified atom stereocenters. The van der Waals surface area contributed by atoms with Crippen LogP contribution in [-0.4, -0.2) is 9.13 Å². The van der Waals surface area contributed by atoms with Gasteiger partial charge >= 0.3 is 0 Å². The van der Waals surface area contributed by atoms with Crippen LogP contribution in [0.25, 0.3) is 110 Å². The zero-order valence-corrected chi connectivity index (χ0v) is 31.8. The Hall–Kier alpha value is -8.13. The zero-order chi connectivity index (χ0) is 39.0. The molecule has 0 aliphatic rings. The molecule has 0 aliphatic heterocycles. The van der Waals surface area contributed by atoms with Crippen molar-refractivity contribution in [1.29, 1.82) is 5.26 Å². The quantitative estimate of drug-likeness (QED) is 0.176. The van der Waals surface area contributed by atoms with E-state index < -0.39 is 0 Å². The fourth-order valence-corrected chi connectivity index (χ4v) is 9.22. The Balaban J connectivity index is 1.01. The summed E-state index contributed by atoms with van der Waals surface area (Å²) in [4.78, 5) is 0. The van der Waals surface area contributed by atoms with Gasteiger partial charge in [-0.1, -0.05) is 121 Å². The first kappa shape index (κ1) is 33.1. The lowest BCUT2D eigenvalue weighted by molar-refractivity contribution is 0.670. The largest absolute Gasteiger partial charge is 0.455 e. The molecule has 0 amide bonds. The summed E-state index contributed by atoms with van der Waals surface area (Å²) in [6, 6.07) is 73.3. The van der Waals surface area contributed by atoms with Crippen molar-refractivity contribution in [2.75, 3.05) is 0 Å². The Kier molecular flexibility index (Phi) is 7.26. The van der Waals surface area contributed by atoms with Crippen LogP contribution in [-0.2, 0) is 0 Å². The van der Waals surface area contributed by atoms with E-state index in [1.165, 1.54) is 32.9 Å². The Morgan fingerprint density at radius 2 is 0.932 bits per heavy atom. The van der Waals surface area contributed by atoms with E-state index in [-0.39, 0.29) is 0 Å². The maximum absolute atomic E-state index is 9.88. The molecule has 4 heteroatoms. The van der Waals surface area contributed by atoms with Gasteiger partial charge < -0.3 is 13.6 Å². The molecule has 0 fully saturated rings. The van der Waals surface area contributed by atoms with E-state index in [0.29, 0.717) is 5.56 Å². The molecule has 0 radical (unpaired) electrons. The number of hydrogen-bond acceptors (Lipinski definition) is 2. The van der Waals surface area contributed by atoms with Crippen molar-refractivity contribution >= 4 is 65.6 Å². The van der Waals surface area contributed by atoms with Crippen LogP contribution in [0.4, 0.5) is 0 Å². The van der Waals surface area contributed by atoms with Crippen LogP contribution >= 0.6 is 0 Å². The summed E-state index contributed by atoms with van der Waals surface area (Å²) in [5, 5.41) is 16.9. The topological polar surface area (TPSA) is 46.8 Å². The maximum Gasteiger partial charge on any atom is 0.143 e. The van der Waals surface area contributed by atoms with Gasteiger partial charge in [-0.25, -0.2) is 0 Å². The van der Waals surface area contributed by atoms with Gasteiger partial charge in [0, 0.05) is 49.3 Å². The van der Waals surface area contributed by atoms with E-state index >= 15 is 0 Å². The summed E-state index contributed by atoms with van der Waals surface area (Å²) in [5.41, 5.74) is 15.8. The normalized spacial score (nSPS) is 11.7. The van der Waals surface area contributed by atoms with Crippen molar-refractivity contribution in [1.82, 2.24) is 9.13 Å². The number of benzene rings is 9. The highest BCUT2D eigenvalue weighted by Crippen LogP contribution is 2.41. The van der Waals surface area contributed by atoms with Crippen LogP contribution in [0.15, 0.2) is 205 Å². The molecular weight excluding hydrogens is 719 g/mol. The monoisotopic (exact) mass is 751 g/mol. The van der Waals surface area contributed by atoms with E-state index in [1.807, 2.05) is 30.3 Å². The Morgan fingerprint density at radius 1 is 0.356 bits per heavy atom. The molecule has 0 saturated carbocycles. The number of hydrogen-bond donors (Lipinski definition) is 0. The van der Waals surface area contributed by atoms with Gasteiger partial charge in [0.2, 0.25) is 0 Å². The summed E-state index contributed by atoms with van der Waals surface area (Å²) in [5.74, 6) is 0. The third kappa shape index (κ3) is 5.16. The Bertz CT molecular complexity index is 3690. The second-order valence-corrected chi connectivity index (χ2v) is 15.2. The number of nitrogens with zero attached hydrogens (tertiary/aromatic N) is 3. The molecule has 59 heavy (non-hydrogen) atoms. The second-order valence-electron chi connectivity index (χ2n) is 15.2. The number of fused-ring (bicyclic) bond motifs is 9. The third-order valence-corrected chi connectivity index (χ3v) is 11.9. The van der Waals surface area contributed by atoms with Gasteiger partial charge in [0.25, 0.3) is 0 Å². The minimum Gasteiger partial charge on any atom is -0.455 e. The molecule has 0 saturated heterocycles. The summed E-state index contributed by atoms with van der Waals surface area (Å²) >= 11 is 0. The second kappa shape index (κ2) is 13.0. The molecule has 0 N–H and O–H groups in total. The molecule has 9 aromatic carbocycles. The van der Waals surface area contributed by atoms with Crippen molar-refractivity contribution in [2.45, 2.75) is 0 Å². The average molecular weight is 752 g/mol. The summed E-state index contributed by atoms with van der Waals surface area (Å²) in [7, 11) is 0. The van der Waals surface area contributed by atoms with Gasteiger partial charge in [-0.3, -0.25) is 0 Å². The van der Waals surface area contributed by atoms with Crippen molar-refractivity contribution in [2.24, 2.45) is 0 Å². The molecule has 0 aliphatic carbocycles. The number of para-hydroxylation sites is 4. The standard InChI is InChI=1S/C55H33N3O/c56-34-35-11-8-16-42(29-35)58-52-28-25-39(32-49(52)45-26-23-40(33-53(45)58)43-19-10-20-47-46-18-5-7-22-54(46)59-55(43)47)37-13-9-12-36(30-37)38-24-27-51-48(31-38)44-17-4-6-21-50(44)57(51)41-14-2-1-3-15-41/h1-33H. The number of nitriles is 1. The highest BCUT2D eigenvalue weighted by molar-refractivity contribution is 6.14. The molecule has 12 rings (SSSR count). The Morgan fingerprint density at radius 3 is 1.71 bits per heavy atom. The lowest BCUT2D eigenvalue weighted by Gasteiger charge is -2.10. The first-order valence-electron chi connectivity index (χ1n) is 19.9. The molecule has 3 heterocycles. The molecule has 274 valence electrons. The lowest BCUT2D eigenvalue weighted by Crippen LogP contribution is -1.94. The summed E-state index contributed by atoms with van der Waals surface area (Å²) in [6.45, 7) is 0. The smallest absolute Gasteiger partial charge is 0.143 e. The van der Waals surface area contributed by atoms with Crippen molar-refractivity contribution in [3.05, 3.63) is 206 Å². The number of rotatable bonds is 5. The zero-order valence-electron chi connectivity index (χ0n) is 31.8. The van der Waals surface area contributed by atoms with Gasteiger partial charge in [-0.05, 0) is 107 Å². The fourth-order valence-electron chi connectivity index (χ4n) is 9.22. The highest BCUT2D eigenvalue weighted by Gasteiger charge is 2.18. The van der Waals surface area contributed by atoms with E-state index in [2.05, 4.69) is 185 Å². The molecule has 3 aromatic heterocycles. The molecular formula is C55H33N3O. The van der Waals surface area contributed by atoms with Crippen LogP contribution < -0.4 is 0 Å². The van der Waals surface area contributed by atoms with E-state index in [0.717, 1.165) is 77.4 Å². The highest BCUT2D eigenvalue weighted by atomic mass is 16.3. The molecule has 0 atom stereocenters. The molecule has 0 bridgehead atoms. The van der Waals surface area contributed by atoms with Crippen LogP contribution in [0.2, 0.25) is 0 Å². The van der Waals surface area contributed by atoms with Crippen molar-refractivity contribution in [3.8, 4) is 50.8 Å². The van der Waals surface area contributed by atoms with Crippen molar-refractivity contribution in [3.63, 3.8) is 0 Å². The maximum atomic E-state index is 9.88. The van der Waals surface area contributed by atoms with E-state index in [9.17, 15) is 5.26 Å². The molecule has 0 spiro atoms. The minimum atomic E-state index is 0.622. The van der Waals surface area contributed by atoms with E-state index in [1.54, 1.807) is 0 Å². The first-order valence-corrected chi connectivity index (χ1v) is 19.9. The van der Waals surface area contributed by atoms with Crippen LogP contribution in [0.3, 0.4) is 0 Å². The van der Waals surface area contributed by atoms with Gasteiger partial charge in [0.05, 0.1) is 33.7 Å². The van der Waals surface area contributed by atoms with E-state index in [4.69, 9.17) is 4.42 Å². The minimum absolute atomic E-state index is 0.622. The van der Waals surface area contributed by atoms with Crippen LogP contribution in [0.1, 0.15) is 5.56 Å². The third-order valence-electron chi connectivity index (χ3n) is 11.9. The predicted octanol–water partition coefficient (Wildman–Crippen LogP) is 14.7. The van der Waals surface area contributed by atoms with Crippen LogP contribution in [0.5, 0.6) is 0 Å². The number of aromatic nitrogens is 2. The van der Waals surface area contributed by atoms with Crippen LogP contribution in [0, 0.1) is 11.3 Å².